The molecule has 2 heterocycles. The molecule has 1 saturated heterocycles. The molecular weight excluding hydrogens is 268 g/mol. The van der Waals surface area contributed by atoms with E-state index in [4.69, 9.17) is 0 Å². The summed E-state index contributed by atoms with van der Waals surface area (Å²) in [6.45, 7) is 3.04. The summed E-state index contributed by atoms with van der Waals surface area (Å²) in [6.07, 6.45) is 1.42. The van der Waals surface area contributed by atoms with Gasteiger partial charge in [0.15, 0.2) is 0 Å². The molecule has 1 aliphatic heterocycles. The van der Waals surface area contributed by atoms with Gasteiger partial charge in [0.25, 0.3) is 0 Å². The number of nitrogens with one attached hydrogen (secondary N) is 1. The largest absolute Gasteiger partial charge is 0.314 e. The second-order valence-electron chi connectivity index (χ2n) is 5.27. The van der Waals surface area contributed by atoms with Crippen LogP contribution in [0.2, 0.25) is 0 Å². The lowest BCUT2D eigenvalue weighted by molar-refractivity contribution is -0.122. The van der Waals surface area contributed by atoms with Crippen molar-refractivity contribution >= 4 is 17.1 Å². The molecule has 104 valence electrons. The Labute approximate surface area is 123 Å². The van der Waals surface area contributed by atoms with Gasteiger partial charge in [-0.1, -0.05) is 30.3 Å². The van der Waals surface area contributed by atoms with Crippen molar-refractivity contribution in [2.24, 2.45) is 5.92 Å². The van der Waals surface area contributed by atoms with Crippen molar-refractivity contribution in [3.8, 4) is 11.3 Å². The molecule has 0 aliphatic carbocycles. The number of benzene rings is 1. The molecule has 1 aliphatic rings. The summed E-state index contributed by atoms with van der Waals surface area (Å²) in [6, 6.07) is 10.4. The van der Waals surface area contributed by atoms with E-state index >= 15 is 0 Å². The zero-order valence-corrected chi connectivity index (χ0v) is 12.3. The molecule has 3 nitrogen and oxygen atoms in total. The van der Waals surface area contributed by atoms with Crippen LogP contribution >= 0.6 is 11.3 Å². The molecule has 0 bridgehead atoms. The van der Waals surface area contributed by atoms with E-state index in [0.29, 0.717) is 18.2 Å². The quantitative estimate of drug-likeness (QED) is 0.939. The summed E-state index contributed by atoms with van der Waals surface area (Å²) in [4.78, 5) is 16.9. The Bertz CT molecular complexity index is 594. The van der Waals surface area contributed by atoms with Crippen molar-refractivity contribution in [1.82, 2.24) is 10.3 Å². The first-order valence-electron chi connectivity index (χ1n) is 7.00. The van der Waals surface area contributed by atoms with Crippen molar-refractivity contribution in [3.63, 3.8) is 0 Å². The van der Waals surface area contributed by atoms with E-state index in [1.54, 1.807) is 11.3 Å². The maximum atomic E-state index is 12.3. The van der Waals surface area contributed by atoms with E-state index in [0.717, 1.165) is 29.2 Å². The normalized spacial score (nSPS) is 22.1. The smallest absolute Gasteiger partial charge is 0.144 e. The second kappa shape index (κ2) is 5.85. The predicted molar refractivity (Wildman–Crippen MR) is 81.8 cm³/mol. The number of nitrogens with zero attached hydrogens (tertiary/aromatic N) is 1. The van der Waals surface area contributed by atoms with Crippen molar-refractivity contribution in [1.29, 1.82) is 0 Å². The van der Waals surface area contributed by atoms with Crippen LogP contribution in [-0.2, 0) is 11.2 Å². The van der Waals surface area contributed by atoms with E-state index in [1.807, 2.05) is 35.7 Å². The Morgan fingerprint density at radius 2 is 2.20 bits per heavy atom. The highest BCUT2D eigenvalue weighted by Crippen LogP contribution is 2.24. The van der Waals surface area contributed by atoms with Crippen LogP contribution in [0, 0.1) is 5.92 Å². The van der Waals surface area contributed by atoms with Gasteiger partial charge in [-0.15, -0.1) is 11.3 Å². The van der Waals surface area contributed by atoms with Crippen LogP contribution in [0.15, 0.2) is 35.7 Å². The molecule has 0 radical (unpaired) electrons. The molecule has 0 amide bonds. The van der Waals surface area contributed by atoms with Crippen LogP contribution in [0.4, 0.5) is 0 Å². The average Bonchev–Trinajstić information content (AvgIpc) is 3.09. The monoisotopic (exact) mass is 286 g/mol. The Hall–Kier alpha value is -1.52. The van der Waals surface area contributed by atoms with Crippen molar-refractivity contribution in [2.45, 2.75) is 25.8 Å². The zero-order valence-electron chi connectivity index (χ0n) is 11.5. The molecule has 3 rings (SSSR count). The van der Waals surface area contributed by atoms with E-state index < -0.39 is 0 Å². The number of carbonyl (C=O) groups is 1. The molecule has 1 N–H and O–H groups in total. The Morgan fingerprint density at radius 3 is 2.90 bits per heavy atom. The molecule has 2 unspecified atom stereocenters. The number of thiazole rings is 1. The first-order chi connectivity index (χ1) is 9.74. The third-order valence-electron chi connectivity index (χ3n) is 3.89. The van der Waals surface area contributed by atoms with Crippen LogP contribution in [0.1, 0.15) is 18.4 Å². The maximum absolute atomic E-state index is 12.3. The molecule has 0 spiro atoms. The summed E-state index contributed by atoms with van der Waals surface area (Å²) >= 11 is 1.58. The molecule has 1 aromatic carbocycles. The lowest BCUT2D eigenvalue weighted by atomic mass is 9.95. The highest BCUT2D eigenvalue weighted by molar-refractivity contribution is 7.10. The molecule has 1 fully saturated rings. The number of carbonyl (C=O) groups excluding carboxylic acids is 1. The molecule has 2 aromatic rings. The van der Waals surface area contributed by atoms with Gasteiger partial charge in [-0.05, 0) is 19.9 Å². The minimum absolute atomic E-state index is 0.152. The van der Waals surface area contributed by atoms with Gasteiger partial charge in [-0.25, -0.2) is 4.98 Å². The van der Waals surface area contributed by atoms with Gasteiger partial charge in [0.2, 0.25) is 0 Å². The fourth-order valence-electron chi connectivity index (χ4n) is 2.71. The Morgan fingerprint density at radius 1 is 1.40 bits per heavy atom. The number of rotatable bonds is 4. The lowest BCUT2D eigenvalue weighted by Crippen LogP contribution is -2.29. The van der Waals surface area contributed by atoms with Crippen LogP contribution in [-0.4, -0.2) is 23.4 Å². The third-order valence-corrected chi connectivity index (χ3v) is 4.73. The number of hydrogen-bond acceptors (Lipinski definition) is 4. The molecule has 2 atom stereocenters. The van der Waals surface area contributed by atoms with E-state index in [1.165, 1.54) is 0 Å². The van der Waals surface area contributed by atoms with Gasteiger partial charge in [0, 0.05) is 22.9 Å². The number of ketones is 1. The molecule has 0 saturated carbocycles. The van der Waals surface area contributed by atoms with E-state index in [2.05, 4.69) is 17.2 Å². The first-order valence-corrected chi connectivity index (χ1v) is 7.88. The summed E-state index contributed by atoms with van der Waals surface area (Å²) in [7, 11) is 0. The van der Waals surface area contributed by atoms with Gasteiger partial charge < -0.3 is 5.32 Å². The third kappa shape index (κ3) is 2.81. The van der Waals surface area contributed by atoms with Crippen LogP contribution in [0.5, 0.6) is 0 Å². The number of aromatic nitrogens is 1. The highest BCUT2D eigenvalue weighted by atomic mass is 32.1. The molecule has 20 heavy (non-hydrogen) atoms. The minimum atomic E-state index is 0.152. The standard InChI is InChI=1S/C16H18N2OS/c1-11-13(7-8-17-11)15(19)9-16-18-14(10-20-16)12-5-3-2-4-6-12/h2-6,10-11,13,17H,7-9H2,1H3. The average molecular weight is 286 g/mol. The van der Waals surface area contributed by atoms with Gasteiger partial charge in [0.05, 0.1) is 12.1 Å². The van der Waals surface area contributed by atoms with E-state index in [9.17, 15) is 4.79 Å². The molecule has 1 aromatic heterocycles. The van der Waals surface area contributed by atoms with Gasteiger partial charge in [-0.2, -0.15) is 0 Å². The van der Waals surface area contributed by atoms with Crippen LogP contribution < -0.4 is 5.32 Å². The van der Waals surface area contributed by atoms with Gasteiger partial charge in [-0.3, -0.25) is 4.79 Å². The summed E-state index contributed by atoms with van der Waals surface area (Å²) in [5.74, 6) is 0.468. The summed E-state index contributed by atoms with van der Waals surface area (Å²) in [5.41, 5.74) is 2.08. The molecular formula is C16H18N2OS. The zero-order chi connectivity index (χ0) is 13.9. The van der Waals surface area contributed by atoms with Crippen molar-refractivity contribution < 1.29 is 4.79 Å². The Balaban J connectivity index is 1.70. The maximum Gasteiger partial charge on any atom is 0.144 e. The van der Waals surface area contributed by atoms with Gasteiger partial charge in [0.1, 0.15) is 10.8 Å². The Kier molecular flexibility index (Phi) is 3.94. The minimum Gasteiger partial charge on any atom is -0.314 e. The fourth-order valence-corrected chi connectivity index (χ4v) is 3.53. The van der Waals surface area contributed by atoms with Crippen LogP contribution in [0.3, 0.4) is 0 Å². The van der Waals surface area contributed by atoms with Crippen molar-refractivity contribution in [2.75, 3.05) is 6.54 Å². The number of hydrogen-bond donors (Lipinski definition) is 1. The topological polar surface area (TPSA) is 42.0 Å². The fraction of sp³-hybridized carbons (Fsp3) is 0.375. The highest BCUT2D eigenvalue weighted by Gasteiger charge is 2.29. The van der Waals surface area contributed by atoms with Gasteiger partial charge >= 0.3 is 0 Å². The SMILES string of the molecule is CC1NCCC1C(=O)Cc1nc(-c2ccccc2)cs1. The molecule has 4 heteroatoms. The summed E-state index contributed by atoms with van der Waals surface area (Å²) < 4.78 is 0. The van der Waals surface area contributed by atoms with Crippen molar-refractivity contribution in [3.05, 3.63) is 40.7 Å². The summed E-state index contributed by atoms with van der Waals surface area (Å²) in [5, 5.41) is 6.29. The number of Topliss-reactive ketones (excluding diaryl/α,β-unsaturated/α-hetero) is 1. The first kappa shape index (κ1) is 13.5. The second-order valence-corrected chi connectivity index (χ2v) is 6.22. The lowest BCUT2D eigenvalue weighted by Gasteiger charge is -2.12. The predicted octanol–water partition coefficient (Wildman–Crippen LogP) is 2.92. The van der Waals surface area contributed by atoms with Crippen LogP contribution in [0.25, 0.3) is 11.3 Å². The van der Waals surface area contributed by atoms with E-state index in [-0.39, 0.29) is 5.92 Å².